The van der Waals surface area contributed by atoms with E-state index in [1.54, 1.807) is 23.7 Å². The molecule has 0 atom stereocenters. The fraction of sp³-hybridized carbons (Fsp3) is 0.286. The van der Waals surface area contributed by atoms with E-state index in [-0.39, 0.29) is 17.6 Å². The van der Waals surface area contributed by atoms with E-state index < -0.39 is 0 Å². The second-order valence-electron chi connectivity index (χ2n) is 7.13. The molecule has 2 aromatic carbocycles. The third kappa shape index (κ3) is 4.05. The van der Waals surface area contributed by atoms with Crippen molar-refractivity contribution in [2.75, 3.05) is 23.3 Å². The number of halogens is 1. The number of hydrogen-bond donors (Lipinski definition) is 2. The van der Waals surface area contributed by atoms with Gasteiger partial charge in [0.2, 0.25) is 0 Å². The lowest BCUT2D eigenvalue weighted by molar-refractivity contribution is 0.246. The van der Waals surface area contributed by atoms with Gasteiger partial charge < -0.3 is 20.1 Å². The van der Waals surface area contributed by atoms with E-state index in [1.807, 2.05) is 41.3 Å². The van der Waals surface area contributed by atoms with E-state index in [0.717, 1.165) is 23.9 Å². The summed E-state index contributed by atoms with van der Waals surface area (Å²) in [4.78, 5) is 31.6. The second kappa shape index (κ2) is 8.13. The van der Waals surface area contributed by atoms with Gasteiger partial charge in [-0.25, -0.2) is 9.78 Å². The maximum absolute atomic E-state index is 12.7. The zero-order chi connectivity index (χ0) is 20.4. The molecule has 0 unspecified atom stereocenters. The maximum Gasteiger partial charge on any atom is 0.319 e. The van der Waals surface area contributed by atoms with Crippen LogP contribution in [0, 0.1) is 0 Å². The minimum Gasteiger partial charge on any atom is -0.352 e. The molecule has 1 aliphatic heterocycles. The number of carbonyl (C=O) groups excluding carboxylic acids is 1. The first-order valence-electron chi connectivity index (χ1n) is 9.55. The Balaban J connectivity index is 1.40. The molecule has 0 bridgehead atoms. The van der Waals surface area contributed by atoms with Crippen molar-refractivity contribution in [1.29, 1.82) is 0 Å². The fourth-order valence-corrected chi connectivity index (χ4v) is 3.79. The molecule has 1 aliphatic rings. The van der Waals surface area contributed by atoms with E-state index in [2.05, 4.69) is 15.6 Å². The summed E-state index contributed by atoms with van der Waals surface area (Å²) in [7, 11) is 1.77. The normalized spacial score (nSPS) is 14.8. The number of aromatic nitrogens is 2. The van der Waals surface area contributed by atoms with Crippen molar-refractivity contribution >= 4 is 40.2 Å². The van der Waals surface area contributed by atoms with Crippen LogP contribution < -0.4 is 21.1 Å². The van der Waals surface area contributed by atoms with Crippen LogP contribution in [0.1, 0.15) is 12.8 Å². The van der Waals surface area contributed by atoms with Gasteiger partial charge in [-0.3, -0.25) is 4.79 Å². The summed E-state index contributed by atoms with van der Waals surface area (Å²) in [6.07, 6.45) is 1.46. The highest BCUT2D eigenvalue weighted by Crippen LogP contribution is 2.21. The van der Waals surface area contributed by atoms with Gasteiger partial charge in [0, 0.05) is 26.2 Å². The summed E-state index contributed by atoms with van der Waals surface area (Å²) in [5, 5.41) is 6.25. The Hall–Kier alpha value is -3.06. The molecule has 1 fully saturated rings. The number of amides is 2. The van der Waals surface area contributed by atoms with Gasteiger partial charge in [0.05, 0.1) is 21.7 Å². The van der Waals surface area contributed by atoms with Gasteiger partial charge in [0.1, 0.15) is 0 Å². The molecule has 1 aromatic heterocycles. The van der Waals surface area contributed by atoms with Crippen LogP contribution in [-0.4, -0.2) is 34.7 Å². The number of piperidine rings is 1. The third-order valence-electron chi connectivity index (χ3n) is 5.22. The molecule has 29 heavy (non-hydrogen) atoms. The van der Waals surface area contributed by atoms with Crippen molar-refractivity contribution in [3.63, 3.8) is 0 Å². The highest BCUT2D eigenvalue weighted by atomic mass is 35.5. The largest absolute Gasteiger partial charge is 0.352 e. The summed E-state index contributed by atoms with van der Waals surface area (Å²) >= 11 is 6.08. The van der Waals surface area contributed by atoms with Crippen LogP contribution >= 0.6 is 11.6 Å². The van der Waals surface area contributed by atoms with E-state index in [4.69, 9.17) is 11.6 Å². The number of aryl methyl sites for hydroxylation is 1. The number of carbonyl (C=O) groups is 1. The Bertz CT molecular complexity index is 1110. The molecule has 3 aromatic rings. The predicted molar refractivity (Wildman–Crippen MR) is 116 cm³/mol. The number of fused-ring (bicyclic) bond motifs is 1. The Morgan fingerprint density at radius 3 is 2.55 bits per heavy atom. The first kappa shape index (κ1) is 19.3. The van der Waals surface area contributed by atoms with Crippen molar-refractivity contribution in [2.45, 2.75) is 18.9 Å². The van der Waals surface area contributed by atoms with E-state index in [9.17, 15) is 9.59 Å². The summed E-state index contributed by atoms with van der Waals surface area (Å²) in [5.41, 5.74) is 2.08. The zero-order valence-electron chi connectivity index (χ0n) is 16.1. The van der Waals surface area contributed by atoms with Gasteiger partial charge in [0.25, 0.3) is 5.56 Å². The first-order valence-corrected chi connectivity index (χ1v) is 9.93. The van der Waals surface area contributed by atoms with Crippen LogP contribution in [0.2, 0.25) is 5.02 Å². The van der Waals surface area contributed by atoms with E-state index >= 15 is 0 Å². The predicted octanol–water partition coefficient (Wildman–Crippen LogP) is 3.38. The van der Waals surface area contributed by atoms with Gasteiger partial charge in [0.15, 0.2) is 5.82 Å². The Kier molecular flexibility index (Phi) is 5.40. The molecule has 4 rings (SSSR count). The van der Waals surface area contributed by atoms with Gasteiger partial charge in [-0.2, -0.15) is 0 Å². The highest BCUT2D eigenvalue weighted by Gasteiger charge is 2.24. The van der Waals surface area contributed by atoms with Crippen LogP contribution in [0.4, 0.5) is 16.3 Å². The van der Waals surface area contributed by atoms with Gasteiger partial charge in [-0.05, 0) is 37.1 Å². The number of nitrogens with one attached hydrogen (secondary N) is 2. The van der Waals surface area contributed by atoms with Crippen LogP contribution in [0.5, 0.6) is 0 Å². The molecule has 150 valence electrons. The van der Waals surface area contributed by atoms with Gasteiger partial charge in [-0.15, -0.1) is 0 Å². The standard InChI is InChI=1S/C21H22ClN5O2/c1-26-18-9-5-4-8-17(18)24-19(20(26)28)27-12-10-14(11-13-27)23-21(29)25-16-7-3-2-6-15(16)22/h2-9,14H,10-13H2,1H3,(H2,23,25,29). The van der Waals surface area contributed by atoms with Gasteiger partial charge >= 0.3 is 6.03 Å². The minimum atomic E-state index is -0.281. The average molecular weight is 412 g/mol. The van der Waals surface area contributed by atoms with Crippen molar-refractivity contribution in [1.82, 2.24) is 14.9 Å². The Labute approximate surface area is 173 Å². The van der Waals surface area contributed by atoms with Crippen molar-refractivity contribution in [2.24, 2.45) is 7.05 Å². The zero-order valence-corrected chi connectivity index (χ0v) is 16.8. The molecular formula is C21H22ClN5O2. The third-order valence-corrected chi connectivity index (χ3v) is 5.55. The number of benzene rings is 2. The molecule has 0 spiro atoms. The second-order valence-corrected chi connectivity index (χ2v) is 7.54. The van der Waals surface area contributed by atoms with Crippen LogP contribution in [-0.2, 0) is 7.05 Å². The first-order chi connectivity index (χ1) is 14.0. The summed E-state index contributed by atoms with van der Waals surface area (Å²) < 4.78 is 1.64. The number of hydrogen-bond acceptors (Lipinski definition) is 4. The molecule has 2 amide bonds. The van der Waals surface area contributed by atoms with E-state index in [1.165, 1.54) is 0 Å². The molecule has 7 nitrogen and oxygen atoms in total. The van der Waals surface area contributed by atoms with Crippen LogP contribution in [0.3, 0.4) is 0 Å². The smallest absolute Gasteiger partial charge is 0.319 e. The van der Waals surface area contributed by atoms with Crippen molar-refractivity contribution in [3.05, 3.63) is 63.9 Å². The fourth-order valence-electron chi connectivity index (χ4n) is 3.61. The lowest BCUT2D eigenvalue weighted by Gasteiger charge is -2.33. The number of nitrogens with zero attached hydrogens (tertiary/aromatic N) is 3. The lowest BCUT2D eigenvalue weighted by Crippen LogP contribution is -2.47. The monoisotopic (exact) mass is 411 g/mol. The number of urea groups is 1. The van der Waals surface area contributed by atoms with Crippen molar-refractivity contribution < 1.29 is 4.79 Å². The molecule has 2 N–H and O–H groups in total. The molecule has 8 heteroatoms. The summed E-state index contributed by atoms with van der Waals surface area (Å²) in [6, 6.07) is 14.5. The van der Waals surface area contributed by atoms with Crippen molar-refractivity contribution in [3.8, 4) is 0 Å². The lowest BCUT2D eigenvalue weighted by atomic mass is 10.1. The van der Waals surface area contributed by atoms with Crippen LogP contribution in [0.15, 0.2) is 53.3 Å². The topological polar surface area (TPSA) is 79.3 Å². The van der Waals surface area contributed by atoms with Crippen LogP contribution in [0.25, 0.3) is 11.0 Å². The summed E-state index contributed by atoms with van der Waals surface area (Å²) in [6.45, 7) is 1.30. The molecular weight excluding hydrogens is 390 g/mol. The van der Waals surface area contributed by atoms with E-state index in [0.29, 0.717) is 29.6 Å². The van der Waals surface area contributed by atoms with Gasteiger partial charge in [-0.1, -0.05) is 35.9 Å². The highest BCUT2D eigenvalue weighted by molar-refractivity contribution is 6.33. The molecule has 1 saturated heterocycles. The molecule has 2 heterocycles. The SMILES string of the molecule is Cn1c(=O)c(N2CCC(NC(=O)Nc3ccccc3Cl)CC2)nc2ccccc21. The molecule has 0 radical (unpaired) electrons. The number of anilines is 2. The maximum atomic E-state index is 12.7. The minimum absolute atomic E-state index is 0.0260. The Morgan fingerprint density at radius 2 is 1.79 bits per heavy atom. The quantitative estimate of drug-likeness (QED) is 0.692. The average Bonchev–Trinajstić information content (AvgIpc) is 2.73. The molecule has 0 aliphatic carbocycles. The molecule has 0 saturated carbocycles. The Morgan fingerprint density at radius 1 is 1.10 bits per heavy atom. The number of rotatable bonds is 3. The summed E-state index contributed by atoms with van der Waals surface area (Å²) in [5.74, 6) is 0.463. The number of para-hydroxylation sites is 3.